The Morgan fingerprint density at radius 3 is 2.76 bits per heavy atom. The first-order chi connectivity index (χ1) is 8.16. The highest BCUT2D eigenvalue weighted by Gasteiger charge is 2.30. The number of hydrogen-bond donors (Lipinski definition) is 1. The molecule has 0 aromatic heterocycles. The van der Waals surface area contributed by atoms with Gasteiger partial charge < -0.3 is 10.1 Å². The van der Waals surface area contributed by atoms with Crippen molar-refractivity contribution in [2.45, 2.75) is 23.0 Å². The van der Waals surface area contributed by atoms with Crippen molar-refractivity contribution in [1.29, 1.82) is 0 Å². The maximum atomic E-state index is 12.4. The summed E-state index contributed by atoms with van der Waals surface area (Å²) < 4.78 is 30.0. The molecule has 1 aliphatic rings. The standard InChI is InChI=1S/C12H17NO3S/c1-16-11-6-2-3-7-12(11)17(14,15)10-5-4-8-13-9-10/h2-3,6-7,10,13H,4-5,8-9H2,1H3. The Labute approximate surface area is 102 Å². The van der Waals surface area contributed by atoms with Crippen molar-refractivity contribution >= 4 is 9.84 Å². The third-order valence-corrected chi connectivity index (χ3v) is 5.30. The first kappa shape index (κ1) is 12.4. The summed E-state index contributed by atoms with van der Waals surface area (Å²) in [6.07, 6.45) is 1.62. The monoisotopic (exact) mass is 255 g/mol. The number of sulfone groups is 1. The number of rotatable bonds is 3. The second kappa shape index (κ2) is 5.06. The lowest BCUT2D eigenvalue weighted by atomic mass is 10.2. The van der Waals surface area contributed by atoms with Gasteiger partial charge in [-0.3, -0.25) is 0 Å². The molecular weight excluding hydrogens is 238 g/mol. The quantitative estimate of drug-likeness (QED) is 0.882. The Kier molecular flexibility index (Phi) is 3.69. The largest absolute Gasteiger partial charge is 0.495 e. The zero-order valence-electron chi connectivity index (χ0n) is 9.85. The minimum atomic E-state index is -3.29. The van der Waals surface area contributed by atoms with Gasteiger partial charge in [-0.15, -0.1) is 0 Å². The molecule has 94 valence electrons. The molecule has 0 aliphatic carbocycles. The second-order valence-corrected chi connectivity index (χ2v) is 6.36. The van der Waals surface area contributed by atoms with Gasteiger partial charge in [0, 0.05) is 6.54 Å². The lowest BCUT2D eigenvalue weighted by Crippen LogP contribution is -2.38. The zero-order chi connectivity index (χ0) is 12.3. The molecule has 0 spiro atoms. The summed E-state index contributed by atoms with van der Waals surface area (Å²) in [6, 6.07) is 6.80. The molecule has 2 rings (SSSR count). The molecule has 5 heteroatoms. The summed E-state index contributed by atoms with van der Waals surface area (Å²) >= 11 is 0. The van der Waals surface area contributed by atoms with E-state index in [1.807, 2.05) is 0 Å². The van der Waals surface area contributed by atoms with Gasteiger partial charge in [0.2, 0.25) is 0 Å². The number of hydrogen-bond acceptors (Lipinski definition) is 4. The van der Waals surface area contributed by atoms with E-state index in [1.165, 1.54) is 7.11 Å². The molecule has 1 heterocycles. The van der Waals surface area contributed by atoms with Crippen molar-refractivity contribution < 1.29 is 13.2 Å². The fourth-order valence-corrected chi connectivity index (χ4v) is 3.99. The highest BCUT2D eigenvalue weighted by Crippen LogP contribution is 2.28. The first-order valence-corrected chi connectivity index (χ1v) is 7.28. The Morgan fingerprint density at radius 1 is 1.35 bits per heavy atom. The van der Waals surface area contributed by atoms with E-state index in [4.69, 9.17) is 4.74 Å². The van der Waals surface area contributed by atoms with Gasteiger partial charge in [0.25, 0.3) is 0 Å². The summed E-state index contributed by atoms with van der Waals surface area (Å²) in [7, 11) is -1.80. The van der Waals surface area contributed by atoms with E-state index < -0.39 is 9.84 Å². The molecule has 0 saturated carbocycles. The normalized spacial score (nSPS) is 21.1. The van der Waals surface area contributed by atoms with Crippen LogP contribution in [0.3, 0.4) is 0 Å². The van der Waals surface area contributed by atoms with Gasteiger partial charge in [-0.1, -0.05) is 12.1 Å². The third kappa shape index (κ3) is 2.45. The summed E-state index contributed by atoms with van der Waals surface area (Å²) in [5.41, 5.74) is 0. The van der Waals surface area contributed by atoms with Gasteiger partial charge in [-0.05, 0) is 31.5 Å². The molecule has 1 fully saturated rings. The van der Waals surface area contributed by atoms with Crippen molar-refractivity contribution in [2.75, 3.05) is 20.2 Å². The molecule has 1 saturated heterocycles. The van der Waals surface area contributed by atoms with Crippen molar-refractivity contribution in [1.82, 2.24) is 5.32 Å². The zero-order valence-corrected chi connectivity index (χ0v) is 10.7. The van der Waals surface area contributed by atoms with Crippen molar-refractivity contribution in [3.05, 3.63) is 24.3 Å². The van der Waals surface area contributed by atoms with Crippen molar-refractivity contribution in [3.8, 4) is 5.75 Å². The van der Waals surface area contributed by atoms with Gasteiger partial charge in [0.15, 0.2) is 9.84 Å². The molecule has 1 aliphatic heterocycles. The van der Waals surface area contributed by atoms with E-state index in [1.54, 1.807) is 24.3 Å². The van der Waals surface area contributed by atoms with Crippen molar-refractivity contribution in [2.24, 2.45) is 0 Å². The van der Waals surface area contributed by atoms with Crippen LogP contribution in [-0.4, -0.2) is 33.9 Å². The van der Waals surface area contributed by atoms with Gasteiger partial charge in [-0.2, -0.15) is 0 Å². The number of piperidine rings is 1. The summed E-state index contributed by atoms with van der Waals surface area (Å²) in [6.45, 7) is 1.43. The van der Waals surface area contributed by atoms with E-state index in [2.05, 4.69) is 5.32 Å². The minimum absolute atomic E-state index is 0.302. The highest BCUT2D eigenvalue weighted by molar-refractivity contribution is 7.92. The number of methoxy groups -OCH3 is 1. The maximum absolute atomic E-state index is 12.4. The molecule has 4 nitrogen and oxygen atoms in total. The number of ether oxygens (including phenoxy) is 1. The second-order valence-electron chi connectivity index (χ2n) is 4.16. The minimum Gasteiger partial charge on any atom is -0.495 e. The Morgan fingerprint density at radius 2 is 2.12 bits per heavy atom. The van der Waals surface area contributed by atoms with Crippen LogP contribution in [-0.2, 0) is 9.84 Å². The van der Waals surface area contributed by atoms with Crippen LogP contribution in [0.25, 0.3) is 0 Å². The fraction of sp³-hybridized carbons (Fsp3) is 0.500. The molecule has 1 atom stereocenters. The van der Waals surface area contributed by atoms with Crippen LogP contribution < -0.4 is 10.1 Å². The fourth-order valence-electron chi connectivity index (χ4n) is 2.12. The van der Waals surface area contributed by atoms with E-state index in [-0.39, 0.29) is 5.25 Å². The van der Waals surface area contributed by atoms with E-state index in [9.17, 15) is 8.42 Å². The van der Waals surface area contributed by atoms with Gasteiger partial charge >= 0.3 is 0 Å². The molecule has 1 N–H and O–H groups in total. The predicted octanol–water partition coefficient (Wildman–Crippen LogP) is 1.22. The number of para-hydroxylation sites is 1. The third-order valence-electron chi connectivity index (χ3n) is 3.07. The van der Waals surface area contributed by atoms with Crippen molar-refractivity contribution in [3.63, 3.8) is 0 Å². The molecule has 1 unspecified atom stereocenters. The summed E-state index contributed by atoms with van der Waals surface area (Å²) in [5, 5.41) is 2.79. The van der Waals surface area contributed by atoms with Crippen LogP contribution >= 0.6 is 0 Å². The summed E-state index contributed by atoms with van der Waals surface area (Å²) in [4.78, 5) is 0.302. The molecule has 1 aromatic rings. The molecule has 17 heavy (non-hydrogen) atoms. The van der Waals surface area contributed by atoms with Gasteiger partial charge in [-0.25, -0.2) is 8.42 Å². The van der Waals surface area contributed by atoms with Crippen LogP contribution in [0.1, 0.15) is 12.8 Å². The molecular formula is C12H17NO3S. The first-order valence-electron chi connectivity index (χ1n) is 5.74. The lowest BCUT2D eigenvalue weighted by molar-refractivity contribution is 0.401. The predicted molar refractivity (Wildman–Crippen MR) is 66.1 cm³/mol. The maximum Gasteiger partial charge on any atom is 0.186 e. The van der Waals surface area contributed by atoms with Crippen LogP contribution in [0, 0.1) is 0 Å². The van der Waals surface area contributed by atoms with E-state index in [0.717, 1.165) is 13.0 Å². The number of nitrogens with one attached hydrogen (secondary N) is 1. The van der Waals surface area contributed by atoms with Crippen LogP contribution in [0.15, 0.2) is 29.2 Å². The van der Waals surface area contributed by atoms with Gasteiger partial charge in [0.1, 0.15) is 10.6 Å². The van der Waals surface area contributed by atoms with Crippen LogP contribution in [0.5, 0.6) is 5.75 Å². The average molecular weight is 255 g/mol. The molecule has 0 bridgehead atoms. The topological polar surface area (TPSA) is 55.4 Å². The number of benzene rings is 1. The van der Waals surface area contributed by atoms with Crippen LogP contribution in [0.2, 0.25) is 0 Å². The molecule has 0 amide bonds. The lowest BCUT2D eigenvalue weighted by Gasteiger charge is -2.23. The molecule has 1 aromatic carbocycles. The highest BCUT2D eigenvalue weighted by atomic mass is 32.2. The smallest absolute Gasteiger partial charge is 0.186 e. The SMILES string of the molecule is COc1ccccc1S(=O)(=O)C1CCCNC1. The van der Waals surface area contributed by atoms with E-state index in [0.29, 0.717) is 23.6 Å². The van der Waals surface area contributed by atoms with E-state index >= 15 is 0 Å². The Hall–Kier alpha value is -1.07. The van der Waals surface area contributed by atoms with Gasteiger partial charge in [0.05, 0.1) is 12.4 Å². The average Bonchev–Trinajstić information content (AvgIpc) is 2.39. The Bertz CT molecular complexity index is 478. The molecule has 0 radical (unpaired) electrons. The van der Waals surface area contributed by atoms with Crippen LogP contribution in [0.4, 0.5) is 0 Å². The Balaban J connectivity index is 2.36. The summed E-state index contributed by atoms with van der Waals surface area (Å²) in [5.74, 6) is 0.429.